The first-order valence-electron chi connectivity index (χ1n) is 5.62. The van der Waals surface area contributed by atoms with Crippen molar-refractivity contribution in [1.29, 1.82) is 0 Å². The molecule has 1 aromatic carbocycles. The van der Waals surface area contributed by atoms with Gasteiger partial charge in [-0.05, 0) is 24.6 Å². The topological polar surface area (TPSA) is 40.5 Å². The van der Waals surface area contributed by atoms with Crippen LogP contribution in [0.5, 0.6) is 0 Å². The number of aliphatic carboxylic acids is 1. The van der Waals surface area contributed by atoms with Crippen molar-refractivity contribution in [2.45, 2.75) is 19.9 Å². The lowest BCUT2D eigenvalue weighted by Gasteiger charge is -2.20. The van der Waals surface area contributed by atoms with Gasteiger partial charge in [-0.15, -0.1) is 0 Å². The van der Waals surface area contributed by atoms with Gasteiger partial charge in [-0.1, -0.05) is 41.1 Å². The monoisotopic (exact) mass is 299 g/mol. The summed E-state index contributed by atoms with van der Waals surface area (Å²) in [7, 11) is 2.01. The summed E-state index contributed by atoms with van der Waals surface area (Å²) in [6.45, 7) is 3.57. The van der Waals surface area contributed by atoms with Crippen LogP contribution in [0.2, 0.25) is 0 Å². The summed E-state index contributed by atoms with van der Waals surface area (Å²) in [6, 6.07) is 8.08. The number of carbonyl (C=O) groups is 1. The van der Waals surface area contributed by atoms with Gasteiger partial charge in [-0.25, -0.2) is 0 Å². The van der Waals surface area contributed by atoms with Crippen LogP contribution < -0.4 is 0 Å². The summed E-state index contributed by atoms with van der Waals surface area (Å²) in [6.07, 6.45) is 0.223. The van der Waals surface area contributed by atoms with Crippen LogP contribution in [0.15, 0.2) is 28.7 Å². The molecule has 0 spiro atoms. The van der Waals surface area contributed by atoms with Crippen LogP contribution in [-0.4, -0.2) is 29.6 Å². The fourth-order valence-electron chi connectivity index (χ4n) is 1.88. The lowest BCUT2D eigenvalue weighted by atomic mass is 10.1. The Morgan fingerprint density at radius 3 is 2.71 bits per heavy atom. The van der Waals surface area contributed by atoms with Crippen molar-refractivity contribution in [2.75, 3.05) is 13.6 Å². The van der Waals surface area contributed by atoms with Crippen molar-refractivity contribution in [1.82, 2.24) is 4.90 Å². The molecule has 0 amide bonds. The van der Waals surface area contributed by atoms with Crippen LogP contribution >= 0.6 is 15.9 Å². The zero-order valence-electron chi connectivity index (χ0n) is 10.2. The minimum absolute atomic E-state index is 0.167. The number of carboxylic acid groups (broad SMARTS) is 1. The summed E-state index contributed by atoms with van der Waals surface area (Å²) < 4.78 is 1.10. The van der Waals surface area contributed by atoms with Crippen LogP contribution in [-0.2, 0) is 11.3 Å². The third-order valence-corrected chi connectivity index (χ3v) is 3.32. The predicted molar refractivity (Wildman–Crippen MR) is 71.9 cm³/mol. The average Bonchev–Trinajstić information content (AvgIpc) is 2.19. The molecule has 1 N–H and O–H groups in total. The van der Waals surface area contributed by atoms with Gasteiger partial charge in [-0.2, -0.15) is 0 Å². The molecule has 0 saturated carbocycles. The van der Waals surface area contributed by atoms with E-state index in [4.69, 9.17) is 5.11 Å². The highest BCUT2D eigenvalue weighted by Gasteiger charge is 2.11. The smallest absolute Gasteiger partial charge is 0.303 e. The third-order valence-electron chi connectivity index (χ3n) is 2.54. The second kappa shape index (κ2) is 6.77. The van der Waals surface area contributed by atoms with E-state index in [2.05, 4.69) is 26.9 Å². The fourth-order valence-corrected chi connectivity index (χ4v) is 2.29. The molecule has 0 radical (unpaired) electrons. The van der Waals surface area contributed by atoms with Gasteiger partial charge in [0, 0.05) is 24.0 Å². The van der Waals surface area contributed by atoms with E-state index in [9.17, 15) is 4.79 Å². The van der Waals surface area contributed by atoms with E-state index in [1.54, 1.807) is 0 Å². The standard InChI is InChI=1S/C13H18BrNO2/c1-10(7-13(16)17)8-15(2)9-11-5-3-4-6-12(11)14/h3-6,10H,7-9H2,1-2H3,(H,16,17). The van der Waals surface area contributed by atoms with Crippen LogP contribution in [0, 0.1) is 5.92 Å². The van der Waals surface area contributed by atoms with Gasteiger partial charge >= 0.3 is 5.97 Å². The number of benzene rings is 1. The van der Waals surface area contributed by atoms with Gasteiger partial charge in [-0.3, -0.25) is 4.79 Å². The molecule has 0 aliphatic rings. The third kappa shape index (κ3) is 5.33. The lowest BCUT2D eigenvalue weighted by Crippen LogP contribution is -2.25. The molecule has 4 heteroatoms. The Morgan fingerprint density at radius 1 is 1.47 bits per heavy atom. The molecule has 0 aliphatic carbocycles. The minimum Gasteiger partial charge on any atom is -0.481 e. The Morgan fingerprint density at radius 2 is 2.12 bits per heavy atom. The highest BCUT2D eigenvalue weighted by Crippen LogP contribution is 2.18. The largest absolute Gasteiger partial charge is 0.481 e. The second-order valence-corrected chi connectivity index (χ2v) is 5.35. The van der Waals surface area contributed by atoms with Crippen molar-refractivity contribution in [3.05, 3.63) is 34.3 Å². The molecule has 17 heavy (non-hydrogen) atoms. The molecule has 0 aliphatic heterocycles. The Bertz CT molecular complexity index is 381. The van der Waals surface area contributed by atoms with Crippen LogP contribution in [0.4, 0.5) is 0 Å². The van der Waals surface area contributed by atoms with E-state index >= 15 is 0 Å². The van der Waals surface area contributed by atoms with Crippen molar-refractivity contribution in [2.24, 2.45) is 5.92 Å². The van der Waals surface area contributed by atoms with Crippen LogP contribution in [0.25, 0.3) is 0 Å². The maximum Gasteiger partial charge on any atom is 0.303 e. The molecule has 0 heterocycles. The number of hydrogen-bond donors (Lipinski definition) is 1. The molecule has 0 saturated heterocycles. The molecular formula is C13H18BrNO2. The van der Waals surface area contributed by atoms with Gasteiger partial charge in [0.1, 0.15) is 0 Å². The zero-order chi connectivity index (χ0) is 12.8. The molecule has 0 bridgehead atoms. The van der Waals surface area contributed by atoms with E-state index in [0.29, 0.717) is 0 Å². The van der Waals surface area contributed by atoms with Gasteiger partial charge in [0.25, 0.3) is 0 Å². The maximum atomic E-state index is 10.6. The van der Waals surface area contributed by atoms with E-state index in [-0.39, 0.29) is 12.3 Å². The minimum atomic E-state index is -0.730. The predicted octanol–water partition coefficient (Wildman–Crippen LogP) is 2.99. The van der Waals surface area contributed by atoms with E-state index in [1.165, 1.54) is 5.56 Å². The normalized spacial score (nSPS) is 12.7. The van der Waals surface area contributed by atoms with Gasteiger partial charge in [0.2, 0.25) is 0 Å². The van der Waals surface area contributed by atoms with Crippen LogP contribution in [0.1, 0.15) is 18.9 Å². The van der Waals surface area contributed by atoms with Crippen molar-refractivity contribution < 1.29 is 9.90 Å². The van der Waals surface area contributed by atoms with Crippen molar-refractivity contribution in [3.8, 4) is 0 Å². The van der Waals surface area contributed by atoms with Gasteiger partial charge in [0.15, 0.2) is 0 Å². The molecule has 0 fully saturated rings. The summed E-state index contributed by atoms with van der Waals surface area (Å²) >= 11 is 3.51. The number of hydrogen-bond acceptors (Lipinski definition) is 2. The second-order valence-electron chi connectivity index (χ2n) is 4.49. The van der Waals surface area contributed by atoms with Crippen molar-refractivity contribution in [3.63, 3.8) is 0 Å². The number of rotatable bonds is 6. The number of halogens is 1. The summed E-state index contributed by atoms with van der Waals surface area (Å²) in [5.41, 5.74) is 1.22. The number of carboxylic acids is 1. The molecular weight excluding hydrogens is 282 g/mol. The molecule has 1 aromatic rings. The summed E-state index contributed by atoms with van der Waals surface area (Å²) in [4.78, 5) is 12.7. The molecule has 1 rings (SSSR count). The van der Waals surface area contributed by atoms with E-state index < -0.39 is 5.97 Å². The Labute approximate surface area is 111 Å². The zero-order valence-corrected chi connectivity index (χ0v) is 11.8. The fraction of sp³-hybridized carbons (Fsp3) is 0.462. The summed E-state index contributed by atoms with van der Waals surface area (Å²) in [5, 5.41) is 8.70. The van der Waals surface area contributed by atoms with E-state index in [0.717, 1.165) is 17.6 Å². The Hall–Kier alpha value is -0.870. The lowest BCUT2D eigenvalue weighted by molar-refractivity contribution is -0.138. The average molecular weight is 300 g/mol. The van der Waals surface area contributed by atoms with Crippen LogP contribution in [0.3, 0.4) is 0 Å². The first kappa shape index (κ1) is 14.2. The first-order valence-corrected chi connectivity index (χ1v) is 6.42. The molecule has 1 unspecified atom stereocenters. The SMILES string of the molecule is CC(CC(=O)O)CN(C)Cc1ccccc1Br. The molecule has 1 atom stereocenters. The van der Waals surface area contributed by atoms with Gasteiger partial charge < -0.3 is 10.0 Å². The van der Waals surface area contributed by atoms with E-state index in [1.807, 2.05) is 32.2 Å². The highest BCUT2D eigenvalue weighted by molar-refractivity contribution is 9.10. The Balaban J connectivity index is 2.47. The highest BCUT2D eigenvalue weighted by atomic mass is 79.9. The maximum absolute atomic E-state index is 10.6. The molecule has 94 valence electrons. The first-order chi connectivity index (χ1) is 7.99. The number of nitrogens with zero attached hydrogens (tertiary/aromatic N) is 1. The summed E-state index contributed by atoms with van der Waals surface area (Å²) in [5.74, 6) is -0.563. The van der Waals surface area contributed by atoms with Crippen molar-refractivity contribution >= 4 is 21.9 Å². The van der Waals surface area contributed by atoms with Gasteiger partial charge in [0.05, 0.1) is 0 Å². The molecule has 3 nitrogen and oxygen atoms in total. The Kier molecular flexibility index (Phi) is 5.65. The quantitative estimate of drug-likeness (QED) is 0.878. The molecule has 0 aromatic heterocycles.